The van der Waals surface area contributed by atoms with Gasteiger partial charge in [-0.1, -0.05) is 91.0 Å². The van der Waals surface area contributed by atoms with Crippen molar-refractivity contribution < 1.29 is 4.42 Å². The number of pyridine rings is 3. The minimum Gasteiger partial charge on any atom is -0.456 e. The Balaban J connectivity index is 1.07. The summed E-state index contributed by atoms with van der Waals surface area (Å²) in [6, 6.07) is 70.4. The lowest BCUT2D eigenvalue weighted by Gasteiger charge is -2.25. The van der Waals surface area contributed by atoms with Crippen molar-refractivity contribution >= 4 is 116 Å². The first-order chi connectivity index (χ1) is 35.0. The Labute approximate surface area is 403 Å². The fourth-order valence-electron chi connectivity index (χ4n) is 10.7. The molecule has 0 N–H and O–H groups in total. The van der Waals surface area contributed by atoms with Gasteiger partial charge in [-0.3, -0.25) is 19.4 Å². The van der Waals surface area contributed by atoms with Gasteiger partial charge in [-0.05, 0) is 109 Å². The summed E-state index contributed by atoms with van der Waals surface area (Å²) >= 11 is 0. The zero-order valence-electron chi connectivity index (χ0n) is 37.7. The van der Waals surface area contributed by atoms with Crippen LogP contribution in [0.4, 0.5) is 34.1 Å². The van der Waals surface area contributed by atoms with Crippen LogP contribution < -0.4 is 26.1 Å². The fourth-order valence-corrected chi connectivity index (χ4v) is 10.7. The number of anilines is 6. The molecule has 0 aliphatic rings. The van der Waals surface area contributed by atoms with Gasteiger partial charge < -0.3 is 23.2 Å². The summed E-state index contributed by atoms with van der Waals surface area (Å²) in [7, 11) is 0. The van der Waals surface area contributed by atoms with Gasteiger partial charge in [0.15, 0.2) is 10.9 Å². The van der Waals surface area contributed by atoms with Crippen LogP contribution in [-0.2, 0) is 0 Å². The summed E-state index contributed by atoms with van der Waals surface area (Å²) in [5.74, 6) is 0. The summed E-state index contributed by atoms with van der Waals surface area (Å²) in [4.78, 5) is 53.1. The SMILES string of the molecule is O=c1c2ccc(N(c3ccccc3)c3ccccc3)cc2oc2cc3c(cc12)c(=O)c1cncc2c(=O)c4cc5c(cc4n3c12)c1cc(N(c2ccccc2)c2ccccc2)ccc1n5-c1ccccc1. The van der Waals surface area contributed by atoms with E-state index in [9.17, 15) is 14.4 Å². The molecule has 71 heavy (non-hydrogen) atoms. The molecule has 0 aliphatic heterocycles. The molecule has 0 spiro atoms. The highest BCUT2D eigenvalue weighted by atomic mass is 16.3. The van der Waals surface area contributed by atoms with E-state index in [0.717, 1.165) is 61.6 Å². The van der Waals surface area contributed by atoms with E-state index in [1.807, 2.05) is 138 Å². The number of rotatable bonds is 7. The number of hydrogen-bond acceptors (Lipinski definition) is 7. The largest absolute Gasteiger partial charge is 0.456 e. The van der Waals surface area contributed by atoms with Crippen LogP contribution in [0.25, 0.3) is 87.5 Å². The summed E-state index contributed by atoms with van der Waals surface area (Å²) in [5, 5.41) is 3.88. The third kappa shape index (κ3) is 6.13. The zero-order chi connectivity index (χ0) is 47.3. The molecule has 0 radical (unpaired) electrons. The van der Waals surface area contributed by atoms with Crippen molar-refractivity contribution in [2.45, 2.75) is 0 Å². The van der Waals surface area contributed by atoms with Crippen LogP contribution in [0.2, 0.25) is 0 Å². The Morgan fingerprint density at radius 1 is 0.338 bits per heavy atom. The second kappa shape index (κ2) is 15.6. The van der Waals surface area contributed by atoms with Crippen molar-refractivity contribution in [2.75, 3.05) is 9.80 Å². The van der Waals surface area contributed by atoms with Gasteiger partial charge in [0.2, 0.25) is 5.43 Å². The van der Waals surface area contributed by atoms with Crippen LogP contribution in [0, 0.1) is 0 Å². The first-order valence-corrected chi connectivity index (χ1v) is 23.4. The van der Waals surface area contributed by atoms with E-state index in [2.05, 4.69) is 80.0 Å². The second-order valence-corrected chi connectivity index (χ2v) is 17.8. The molecule has 0 saturated carbocycles. The Morgan fingerprint density at radius 3 is 1.37 bits per heavy atom. The molecule has 0 bridgehead atoms. The zero-order valence-corrected chi connectivity index (χ0v) is 37.7. The highest BCUT2D eigenvalue weighted by molar-refractivity contribution is 6.17. The Hall–Kier alpha value is -9.86. The standard InChI is InChI=1S/C62H37N5O4/c68-60-45-28-26-44(65(40-20-10-3-11-21-40)41-22-12-4-13-23-41)31-57(45)71-58-35-56-48(32-50(58)60)61(69)51-36-63-37-52-59(51)67(56)55-33-47-46-30-43(64(38-16-6-1-7-17-38)39-18-8-2-9-19-39)27-29-53(46)66(42-24-14-5-15-25-42)54(47)34-49(55)62(52)70/h1-37H. The average Bonchev–Trinajstić information content (AvgIpc) is 3.74. The normalized spacial score (nSPS) is 11.8. The predicted octanol–water partition coefficient (Wildman–Crippen LogP) is 14.2. The molecule has 0 fully saturated rings. The fraction of sp³-hybridized carbons (Fsp3) is 0. The van der Waals surface area contributed by atoms with Gasteiger partial charge in [-0.2, -0.15) is 0 Å². The number of fused-ring (bicyclic) bond motifs is 9. The molecule has 0 atom stereocenters. The molecule has 5 heterocycles. The smallest absolute Gasteiger partial charge is 0.200 e. The molecule has 14 aromatic rings. The van der Waals surface area contributed by atoms with E-state index in [-0.39, 0.29) is 27.1 Å². The van der Waals surface area contributed by atoms with E-state index in [1.165, 1.54) is 6.20 Å². The van der Waals surface area contributed by atoms with E-state index in [1.54, 1.807) is 24.4 Å². The average molecular weight is 916 g/mol. The monoisotopic (exact) mass is 915 g/mol. The topological polar surface area (TPSA) is 93.1 Å². The van der Waals surface area contributed by atoms with Crippen LogP contribution >= 0.6 is 0 Å². The quantitative estimate of drug-likeness (QED) is 0.116. The van der Waals surface area contributed by atoms with Crippen molar-refractivity contribution in [1.29, 1.82) is 0 Å². The molecule has 0 amide bonds. The Bertz CT molecular complexity index is 4560. The summed E-state index contributed by atoms with van der Waals surface area (Å²) < 4.78 is 11.0. The summed E-state index contributed by atoms with van der Waals surface area (Å²) in [6.07, 6.45) is 3.06. The van der Waals surface area contributed by atoms with Crippen LogP contribution in [0.3, 0.4) is 0 Å². The maximum absolute atomic E-state index is 15.0. The van der Waals surface area contributed by atoms with Gasteiger partial charge in [-0.15, -0.1) is 0 Å². The lowest BCUT2D eigenvalue weighted by atomic mass is 10.0. The highest BCUT2D eigenvalue weighted by Crippen LogP contribution is 2.42. The molecule has 9 aromatic carbocycles. The van der Waals surface area contributed by atoms with Crippen molar-refractivity contribution in [3.8, 4) is 5.69 Å². The first kappa shape index (κ1) is 40.2. The van der Waals surface area contributed by atoms with Crippen LogP contribution in [0.15, 0.2) is 244 Å². The molecule has 334 valence electrons. The molecule has 0 saturated heterocycles. The number of para-hydroxylation sites is 5. The highest BCUT2D eigenvalue weighted by Gasteiger charge is 2.24. The number of hydrogen-bond donors (Lipinski definition) is 0. The van der Waals surface area contributed by atoms with Gasteiger partial charge in [0.25, 0.3) is 0 Å². The second-order valence-electron chi connectivity index (χ2n) is 17.8. The maximum Gasteiger partial charge on any atom is 0.200 e. The molecule has 5 aromatic heterocycles. The van der Waals surface area contributed by atoms with Gasteiger partial charge in [0, 0.05) is 85.9 Å². The van der Waals surface area contributed by atoms with Crippen LogP contribution in [0.5, 0.6) is 0 Å². The van der Waals surface area contributed by atoms with Crippen molar-refractivity contribution in [1.82, 2.24) is 14.0 Å². The van der Waals surface area contributed by atoms with Gasteiger partial charge >= 0.3 is 0 Å². The molecular formula is C62H37N5O4. The van der Waals surface area contributed by atoms with Crippen LogP contribution in [0.1, 0.15) is 0 Å². The predicted molar refractivity (Wildman–Crippen MR) is 289 cm³/mol. The first-order valence-electron chi connectivity index (χ1n) is 23.4. The summed E-state index contributed by atoms with van der Waals surface area (Å²) in [5.41, 5.74) is 9.82. The molecule has 0 aliphatic carbocycles. The Morgan fingerprint density at radius 2 is 0.789 bits per heavy atom. The van der Waals surface area contributed by atoms with E-state index >= 15 is 0 Å². The molecule has 0 unspecified atom stereocenters. The lowest BCUT2D eigenvalue weighted by Crippen LogP contribution is -2.15. The molecule has 9 heteroatoms. The molecular weight excluding hydrogens is 879 g/mol. The number of aromatic nitrogens is 3. The number of benzene rings is 9. The minimum atomic E-state index is -0.330. The minimum absolute atomic E-state index is 0.240. The third-order valence-electron chi connectivity index (χ3n) is 13.8. The van der Waals surface area contributed by atoms with Crippen molar-refractivity contribution in [3.63, 3.8) is 0 Å². The molecule has 9 nitrogen and oxygen atoms in total. The Kier molecular flexibility index (Phi) is 8.84. The van der Waals surface area contributed by atoms with E-state index in [4.69, 9.17) is 4.42 Å². The van der Waals surface area contributed by atoms with Gasteiger partial charge in [0.05, 0.1) is 49.1 Å². The van der Waals surface area contributed by atoms with Crippen LogP contribution in [-0.4, -0.2) is 14.0 Å². The van der Waals surface area contributed by atoms with E-state index < -0.39 is 0 Å². The van der Waals surface area contributed by atoms with Gasteiger partial charge in [-0.25, -0.2) is 0 Å². The lowest BCUT2D eigenvalue weighted by molar-refractivity contribution is 0.660. The van der Waals surface area contributed by atoms with Gasteiger partial charge in [0.1, 0.15) is 11.2 Å². The molecule has 14 rings (SSSR count). The van der Waals surface area contributed by atoms with Crippen molar-refractivity contribution in [3.05, 3.63) is 255 Å². The van der Waals surface area contributed by atoms with Crippen molar-refractivity contribution in [2.24, 2.45) is 0 Å². The maximum atomic E-state index is 15.0. The summed E-state index contributed by atoms with van der Waals surface area (Å²) in [6.45, 7) is 0. The number of nitrogens with zero attached hydrogens (tertiary/aromatic N) is 5. The third-order valence-corrected chi connectivity index (χ3v) is 13.8. The van der Waals surface area contributed by atoms with E-state index in [0.29, 0.717) is 49.3 Å².